The van der Waals surface area contributed by atoms with Crippen molar-refractivity contribution >= 4 is 28.6 Å². The molecular weight excluding hydrogens is 601 g/mol. The normalized spacial score (nSPS) is 15.1. The molecule has 0 saturated carbocycles. The van der Waals surface area contributed by atoms with Gasteiger partial charge in [-0.1, -0.05) is 24.3 Å². The van der Waals surface area contributed by atoms with E-state index in [1.807, 2.05) is 39.0 Å². The lowest BCUT2D eigenvalue weighted by Crippen LogP contribution is -2.35. The summed E-state index contributed by atoms with van der Waals surface area (Å²) in [4.78, 5) is 35.6. The second-order valence-corrected chi connectivity index (χ2v) is 12.1. The van der Waals surface area contributed by atoms with Gasteiger partial charge in [0.1, 0.15) is 11.9 Å². The van der Waals surface area contributed by atoms with Crippen LogP contribution in [-0.4, -0.2) is 59.3 Å². The zero-order chi connectivity index (χ0) is 33.1. The number of anilines is 1. The summed E-state index contributed by atoms with van der Waals surface area (Å²) in [5, 5.41) is 3.51. The summed E-state index contributed by atoms with van der Waals surface area (Å²) >= 11 is 0. The van der Waals surface area contributed by atoms with Gasteiger partial charge in [0.25, 0.3) is 0 Å². The first-order chi connectivity index (χ1) is 21.8. The van der Waals surface area contributed by atoms with Crippen LogP contribution in [0.4, 0.5) is 23.7 Å². The number of rotatable bonds is 8. The smallest absolute Gasteiger partial charge is 0.416 e. The van der Waals surface area contributed by atoms with E-state index in [-0.39, 0.29) is 24.3 Å². The third-order valence-electron chi connectivity index (χ3n) is 7.42. The maximum atomic E-state index is 12.8. The highest BCUT2D eigenvalue weighted by Crippen LogP contribution is 2.36. The lowest BCUT2D eigenvalue weighted by atomic mass is 10.1. The molecule has 1 saturated heterocycles. The lowest BCUT2D eigenvalue weighted by Gasteiger charge is -2.24. The predicted octanol–water partition coefficient (Wildman–Crippen LogP) is 7.14. The molecule has 0 spiro atoms. The number of nitrogens with zero attached hydrogens (tertiary/aromatic N) is 3. The first kappa shape index (κ1) is 32.5. The van der Waals surface area contributed by atoms with Gasteiger partial charge in [0.05, 0.1) is 36.9 Å². The predicted molar refractivity (Wildman–Crippen MR) is 167 cm³/mol. The Bertz CT molecular complexity index is 1700. The van der Waals surface area contributed by atoms with Crippen molar-refractivity contribution < 1.29 is 37.0 Å². The molecule has 9 nitrogen and oxygen atoms in total. The van der Waals surface area contributed by atoms with E-state index < -0.39 is 17.3 Å². The minimum atomic E-state index is -4.43. The Kier molecular flexibility index (Phi) is 9.36. The summed E-state index contributed by atoms with van der Waals surface area (Å²) in [6, 6.07) is 15.2. The minimum Gasteiger partial charge on any atom is -0.493 e. The van der Waals surface area contributed by atoms with Gasteiger partial charge < -0.3 is 24.4 Å². The number of fused-ring (bicyclic) bond motifs is 1. The van der Waals surface area contributed by atoms with Crippen LogP contribution < -0.4 is 14.8 Å². The summed E-state index contributed by atoms with van der Waals surface area (Å²) in [6.45, 7) is 7.08. The van der Waals surface area contributed by atoms with E-state index in [2.05, 4.69) is 15.3 Å². The average molecular weight is 637 g/mol. The van der Waals surface area contributed by atoms with Gasteiger partial charge >= 0.3 is 12.3 Å². The van der Waals surface area contributed by atoms with Crippen LogP contribution in [0.2, 0.25) is 0 Å². The van der Waals surface area contributed by atoms with Gasteiger partial charge in [-0.25, -0.2) is 14.8 Å². The fourth-order valence-electron chi connectivity index (χ4n) is 5.15. The number of amides is 2. The molecule has 46 heavy (non-hydrogen) atoms. The van der Waals surface area contributed by atoms with E-state index in [0.29, 0.717) is 53.7 Å². The quantitative estimate of drug-likeness (QED) is 0.219. The molecule has 1 aliphatic heterocycles. The topological polar surface area (TPSA) is 103 Å². The largest absolute Gasteiger partial charge is 0.493 e. The van der Waals surface area contributed by atoms with Gasteiger partial charge in [0, 0.05) is 41.7 Å². The van der Waals surface area contributed by atoms with Crippen molar-refractivity contribution in [3.8, 4) is 22.8 Å². The molecule has 1 N–H and O–H groups in total. The molecule has 2 amide bonds. The third-order valence-corrected chi connectivity index (χ3v) is 7.42. The molecule has 4 aromatic rings. The monoisotopic (exact) mass is 636 g/mol. The van der Waals surface area contributed by atoms with E-state index in [1.54, 1.807) is 30.2 Å². The zero-order valence-electron chi connectivity index (χ0n) is 26.0. The van der Waals surface area contributed by atoms with Gasteiger partial charge in [-0.05, 0) is 63.1 Å². The van der Waals surface area contributed by atoms with Crippen molar-refractivity contribution in [2.24, 2.45) is 5.92 Å². The van der Waals surface area contributed by atoms with Gasteiger partial charge in [-0.2, -0.15) is 13.2 Å². The molecule has 3 aromatic carbocycles. The van der Waals surface area contributed by atoms with Crippen molar-refractivity contribution in [2.45, 2.75) is 45.4 Å². The summed E-state index contributed by atoms with van der Waals surface area (Å²) in [6.07, 6.45) is -2.56. The van der Waals surface area contributed by atoms with Crippen molar-refractivity contribution in [3.63, 3.8) is 0 Å². The number of benzene rings is 3. The molecule has 0 bridgehead atoms. The van der Waals surface area contributed by atoms with Gasteiger partial charge in [0.2, 0.25) is 5.91 Å². The van der Waals surface area contributed by atoms with Crippen LogP contribution in [0.3, 0.4) is 0 Å². The minimum absolute atomic E-state index is 0.0661. The SMILES string of the molecule is COc1cc2c(-c3ccc(NC(=O)Cc4ccc(C(F)(F)F)cc4)cc3)ncnc2cc1OCC1CCN(C(=O)OC(C)(C)C)C1. The molecule has 1 fully saturated rings. The van der Waals surface area contributed by atoms with E-state index in [0.717, 1.165) is 29.5 Å². The van der Waals surface area contributed by atoms with Crippen LogP contribution >= 0.6 is 0 Å². The first-order valence-electron chi connectivity index (χ1n) is 14.8. The van der Waals surface area contributed by atoms with Crippen LogP contribution in [0.5, 0.6) is 11.5 Å². The number of methoxy groups -OCH3 is 1. The first-order valence-corrected chi connectivity index (χ1v) is 14.8. The van der Waals surface area contributed by atoms with Crippen molar-refractivity contribution in [1.82, 2.24) is 14.9 Å². The number of ether oxygens (including phenoxy) is 3. The summed E-state index contributed by atoms with van der Waals surface area (Å²) < 4.78 is 55.7. The number of hydrogen-bond donors (Lipinski definition) is 1. The third kappa shape index (κ3) is 8.04. The number of hydrogen-bond acceptors (Lipinski definition) is 7. The van der Waals surface area contributed by atoms with E-state index >= 15 is 0 Å². The Morgan fingerprint density at radius 2 is 1.70 bits per heavy atom. The number of carbonyl (C=O) groups is 2. The zero-order valence-corrected chi connectivity index (χ0v) is 26.0. The fourth-order valence-corrected chi connectivity index (χ4v) is 5.15. The number of alkyl halides is 3. The van der Waals surface area contributed by atoms with Crippen LogP contribution in [0, 0.1) is 5.92 Å². The highest BCUT2D eigenvalue weighted by atomic mass is 19.4. The van der Waals surface area contributed by atoms with Gasteiger partial charge in [-0.15, -0.1) is 0 Å². The van der Waals surface area contributed by atoms with Crippen molar-refractivity contribution in [1.29, 1.82) is 0 Å². The Hall–Kier alpha value is -4.87. The summed E-state index contributed by atoms with van der Waals surface area (Å²) in [5.41, 5.74) is 1.77. The van der Waals surface area contributed by atoms with Gasteiger partial charge in [-0.3, -0.25) is 4.79 Å². The van der Waals surface area contributed by atoms with Crippen molar-refractivity contribution in [2.75, 3.05) is 32.1 Å². The molecule has 12 heteroatoms. The Morgan fingerprint density at radius 3 is 2.35 bits per heavy atom. The van der Waals surface area contributed by atoms with E-state index in [1.165, 1.54) is 18.5 Å². The van der Waals surface area contributed by atoms with E-state index in [4.69, 9.17) is 14.2 Å². The molecule has 0 aliphatic carbocycles. The van der Waals surface area contributed by atoms with Gasteiger partial charge in [0.15, 0.2) is 11.5 Å². The number of carbonyl (C=O) groups excluding carboxylic acids is 2. The molecule has 2 heterocycles. The molecule has 1 atom stereocenters. The molecule has 1 aliphatic rings. The standard InChI is InChI=1S/C34H35F3N4O5/c1-33(2,3)46-32(43)41-14-13-22(18-41)19-45-29-17-27-26(16-28(29)44-4)31(39-20-38-27)23-7-11-25(12-8-23)40-30(42)15-21-5-9-24(10-6-21)34(35,36)37/h5-12,16-17,20,22H,13-15,18-19H2,1-4H3,(H,40,42). The summed E-state index contributed by atoms with van der Waals surface area (Å²) in [5.74, 6) is 0.828. The van der Waals surface area contributed by atoms with Crippen LogP contribution in [0.25, 0.3) is 22.2 Å². The second-order valence-electron chi connectivity index (χ2n) is 12.1. The highest BCUT2D eigenvalue weighted by molar-refractivity contribution is 5.95. The number of likely N-dealkylation sites (tertiary alicyclic amines) is 1. The van der Waals surface area contributed by atoms with Crippen LogP contribution in [0.15, 0.2) is 67.0 Å². The second kappa shape index (κ2) is 13.2. The maximum absolute atomic E-state index is 12.8. The van der Waals surface area contributed by atoms with Crippen molar-refractivity contribution in [3.05, 3.63) is 78.1 Å². The van der Waals surface area contributed by atoms with Crippen LogP contribution in [-0.2, 0) is 22.1 Å². The Morgan fingerprint density at radius 1 is 0.978 bits per heavy atom. The average Bonchev–Trinajstić information content (AvgIpc) is 3.48. The Balaban J connectivity index is 1.24. The Labute approximate surface area is 264 Å². The lowest BCUT2D eigenvalue weighted by molar-refractivity contribution is -0.137. The number of aromatic nitrogens is 2. The molecule has 5 rings (SSSR count). The summed E-state index contributed by atoms with van der Waals surface area (Å²) in [7, 11) is 1.56. The molecule has 0 radical (unpaired) electrons. The molecule has 242 valence electrons. The fraction of sp³-hybridized carbons (Fsp3) is 0.353. The maximum Gasteiger partial charge on any atom is 0.416 e. The molecule has 1 aromatic heterocycles. The molecule has 1 unspecified atom stereocenters. The number of nitrogens with one attached hydrogen (secondary N) is 1. The van der Waals surface area contributed by atoms with Crippen LogP contribution in [0.1, 0.15) is 38.3 Å². The van der Waals surface area contributed by atoms with E-state index in [9.17, 15) is 22.8 Å². The highest BCUT2D eigenvalue weighted by Gasteiger charge is 2.31. The molecular formula is C34H35F3N4O5. The number of halogens is 3.